The highest BCUT2D eigenvalue weighted by atomic mass is 79.9. The Morgan fingerprint density at radius 3 is 1.76 bits per heavy atom. The molecule has 0 radical (unpaired) electrons. The Balaban J connectivity index is 1.93. The van der Waals surface area contributed by atoms with Crippen LogP contribution in [0.3, 0.4) is 0 Å². The van der Waals surface area contributed by atoms with Crippen molar-refractivity contribution in [3.05, 3.63) is 93.0 Å². The number of hydrogen-bond acceptors (Lipinski definition) is 5. The number of halogens is 1. The van der Waals surface area contributed by atoms with E-state index >= 15 is 0 Å². The fraction of sp³-hybridized carbons (Fsp3) is 0.231. The molecular formula is C26H28BrN3O4. The fourth-order valence-corrected chi connectivity index (χ4v) is 4.37. The summed E-state index contributed by atoms with van der Waals surface area (Å²) in [7, 11) is 3.24. The topological polar surface area (TPSA) is 108 Å². The largest absolute Gasteiger partial charge is 0.496 e. The van der Waals surface area contributed by atoms with Crippen LogP contribution in [-0.2, 0) is 19.5 Å². The minimum Gasteiger partial charge on any atom is -0.496 e. The number of primary amides is 2. The van der Waals surface area contributed by atoms with E-state index in [1.165, 1.54) is 0 Å². The number of nitrogens with zero attached hydrogens (tertiary/aromatic N) is 1. The van der Waals surface area contributed by atoms with Crippen LogP contribution in [0.4, 0.5) is 0 Å². The van der Waals surface area contributed by atoms with Crippen LogP contribution in [0.25, 0.3) is 0 Å². The number of hydrogen-bond donors (Lipinski definition) is 2. The van der Waals surface area contributed by atoms with Crippen molar-refractivity contribution in [3.8, 4) is 11.5 Å². The number of ether oxygens (including phenoxy) is 2. The van der Waals surface area contributed by atoms with E-state index in [-0.39, 0.29) is 0 Å². The van der Waals surface area contributed by atoms with Crippen molar-refractivity contribution >= 4 is 27.7 Å². The van der Waals surface area contributed by atoms with E-state index in [0.29, 0.717) is 42.9 Å². The van der Waals surface area contributed by atoms with E-state index in [1.54, 1.807) is 38.5 Å². The minimum absolute atomic E-state index is 0.461. The summed E-state index contributed by atoms with van der Waals surface area (Å²) < 4.78 is 11.8. The summed E-state index contributed by atoms with van der Waals surface area (Å²) in [6.45, 7) is 1.53. The van der Waals surface area contributed by atoms with E-state index in [0.717, 1.165) is 26.9 Å². The average molecular weight is 526 g/mol. The molecule has 0 heterocycles. The third-order valence-electron chi connectivity index (χ3n) is 5.61. The normalized spacial score (nSPS) is 10.8. The second kappa shape index (κ2) is 11.7. The predicted octanol–water partition coefficient (Wildman–Crippen LogP) is 3.91. The lowest BCUT2D eigenvalue weighted by Crippen LogP contribution is -2.28. The summed E-state index contributed by atoms with van der Waals surface area (Å²) in [5, 5.41) is 0. The van der Waals surface area contributed by atoms with Crippen molar-refractivity contribution in [2.45, 2.75) is 19.5 Å². The van der Waals surface area contributed by atoms with Crippen molar-refractivity contribution in [1.29, 1.82) is 0 Å². The number of amides is 2. The van der Waals surface area contributed by atoms with Crippen molar-refractivity contribution in [2.75, 3.05) is 20.8 Å². The Hall–Kier alpha value is -3.36. The van der Waals surface area contributed by atoms with E-state index in [9.17, 15) is 9.59 Å². The van der Waals surface area contributed by atoms with Gasteiger partial charge < -0.3 is 20.9 Å². The van der Waals surface area contributed by atoms with Crippen molar-refractivity contribution in [2.24, 2.45) is 11.5 Å². The average Bonchev–Trinajstić information content (AvgIpc) is 2.83. The van der Waals surface area contributed by atoms with Crippen molar-refractivity contribution in [3.63, 3.8) is 0 Å². The number of nitrogens with two attached hydrogens (primary N) is 2. The molecule has 3 aromatic carbocycles. The van der Waals surface area contributed by atoms with Crippen LogP contribution in [0.1, 0.15) is 37.4 Å². The van der Waals surface area contributed by atoms with Gasteiger partial charge in [-0.05, 0) is 63.3 Å². The highest BCUT2D eigenvalue weighted by molar-refractivity contribution is 9.10. The zero-order valence-corrected chi connectivity index (χ0v) is 20.8. The summed E-state index contributed by atoms with van der Waals surface area (Å²) in [6.07, 6.45) is 0.643. The molecule has 3 rings (SSSR count). The van der Waals surface area contributed by atoms with Gasteiger partial charge in [0.1, 0.15) is 11.5 Å². The molecule has 0 spiro atoms. The predicted molar refractivity (Wildman–Crippen MR) is 135 cm³/mol. The molecule has 8 heteroatoms. The maximum atomic E-state index is 12.0. The third kappa shape index (κ3) is 6.15. The first-order valence-electron chi connectivity index (χ1n) is 10.7. The van der Waals surface area contributed by atoms with E-state index < -0.39 is 11.8 Å². The molecule has 0 aliphatic carbocycles. The van der Waals surface area contributed by atoms with Crippen LogP contribution in [-0.4, -0.2) is 37.5 Å². The van der Waals surface area contributed by atoms with Gasteiger partial charge in [0.2, 0.25) is 11.8 Å². The van der Waals surface area contributed by atoms with Gasteiger partial charge in [0.15, 0.2) is 0 Å². The van der Waals surface area contributed by atoms with Crippen molar-refractivity contribution in [1.82, 2.24) is 4.90 Å². The first-order chi connectivity index (χ1) is 16.3. The smallest absolute Gasteiger partial charge is 0.249 e. The zero-order valence-electron chi connectivity index (χ0n) is 19.2. The second-order valence-corrected chi connectivity index (χ2v) is 8.66. The van der Waals surface area contributed by atoms with Crippen molar-refractivity contribution < 1.29 is 19.1 Å². The molecule has 0 aromatic heterocycles. The second-order valence-electron chi connectivity index (χ2n) is 7.80. The monoisotopic (exact) mass is 525 g/mol. The molecule has 2 amide bonds. The highest BCUT2D eigenvalue weighted by Crippen LogP contribution is 2.33. The van der Waals surface area contributed by atoms with Gasteiger partial charge in [0.25, 0.3) is 0 Å². The molecule has 0 saturated heterocycles. The fourth-order valence-electron chi connectivity index (χ4n) is 3.89. The number of carbonyl (C=O) groups is 2. The summed E-state index contributed by atoms with van der Waals surface area (Å²) >= 11 is 3.49. The third-order valence-corrected chi connectivity index (χ3v) is 6.23. The van der Waals surface area contributed by atoms with Gasteiger partial charge in [0.05, 0.1) is 18.7 Å². The maximum absolute atomic E-state index is 12.0. The first kappa shape index (κ1) is 25.3. The van der Waals surface area contributed by atoms with Crippen LogP contribution >= 0.6 is 15.9 Å². The van der Waals surface area contributed by atoms with Gasteiger partial charge >= 0.3 is 0 Å². The molecule has 0 aliphatic heterocycles. The Morgan fingerprint density at radius 1 is 0.794 bits per heavy atom. The molecule has 0 fully saturated rings. The molecule has 178 valence electrons. The molecule has 34 heavy (non-hydrogen) atoms. The summed E-state index contributed by atoms with van der Waals surface area (Å²) in [5.41, 5.74) is 14.7. The van der Waals surface area contributed by atoms with Crippen LogP contribution in [0, 0.1) is 0 Å². The number of benzene rings is 3. The summed E-state index contributed by atoms with van der Waals surface area (Å²) in [6, 6.07) is 18.3. The van der Waals surface area contributed by atoms with Gasteiger partial charge in [-0.25, -0.2) is 0 Å². The van der Waals surface area contributed by atoms with E-state index in [4.69, 9.17) is 20.9 Å². The van der Waals surface area contributed by atoms with Crippen LogP contribution in [0.15, 0.2) is 65.1 Å². The molecular weight excluding hydrogens is 498 g/mol. The molecule has 7 nitrogen and oxygen atoms in total. The van der Waals surface area contributed by atoms with Gasteiger partial charge in [-0.1, -0.05) is 36.4 Å². The molecule has 4 N–H and O–H groups in total. The van der Waals surface area contributed by atoms with Crippen LogP contribution < -0.4 is 20.9 Å². The van der Waals surface area contributed by atoms with Gasteiger partial charge in [-0.2, -0.15) is 0 Å². The summed E-state index contributed by atoms with van der Waals surface area (Å²) in [4.78, 5) is 26.1. The molecule has 0 atom stereocenters. The number of methoxy groups -OCH3 is 2. The number of carbonyl (C=O) groups excluding carboxylic acids is 2. The molecule has 0 aliphatic rings. The Morgan fingerprint density at radius 2 is 1.29 bits per heavy atom. The Labute approximate surface area is 207 Å². The SMILES string of the molecule is COc1cc(CCN(Cc2ccccc2C(N)=O)Cc2ccccc2C(N)=O)c(OC)cc1Br. The first-order valence-corrected chi connectivity index (χ1v) is 11.5. The van der Waals surface area contributed by atoms with E-state index in [1.807, 2.05) is 36.4 Å². The minimum atomic E-state index is -0.479. The quantitative estimate of drug-likeness (QED) is 0.394. The Bertz CT molecular complexity index is 1120. The molecule has 0 unspecified atom stereocenters. The highest BCUT2D eigenvalue weighted by Gasteiger charge is 2.17. The van der Waals surface area contributed by atoms with Crippen LogP contribution in [0.5, 0.6) is 11.5 Å². The lowest BCUT2D eigenvalue weighted by atomic mass is 10.0. The molecule has 0 saturated carbocycles. The standard InChI is InChI=1S/C26H28BrN3O4/c1-33-23-14-22(27)24(34-2)13-17(23)11-12-30(15-18-7-3-5-9-20(18)25(28)31)16-19-8-4-6-10-21(19)26(29)32/h3-10,13-14H,11-12,15-16H2,1-2H3,(H2,28,31)(H2,29,32). The molecule has 3 aromatic rings. The lowest BCUT2D eigenvalue weighted by Gasteiger charge is -2.25. The summed E-state index contributed by atoms with van der Waals surface area (Å²) in [5.74, 6) is 0.489. The molecule has 0 bridgehead atoms. The lowest BCUT2D eigenvalue weighted by molar-refractivity contribution is 0.0991. The van der Waals surface area contributed by atoms with Crippen LogP contribution in [0.2, 0.25) is 0 Å². The van der Waals surface area contributed by atoms with Gasteiger partial charge in [-0.15, -0.1) is 0 Å². The Kier molecular flexibility index (Phi) is 8.67. The zero-order chi connectivity index (χ0) is 24.7. The number of rotatable bonds is 11. The van der Waals surface area contributed by atoms with Gasteiger partial charge in [0, 0.05) is 30.8 Å². The van der Waals surface area contributed by atoms with Gasteiger partial charge in [-0.3, -0.25) is 14.5 Å². The maximum Gasteiger partial charge on any atom is 0.249 e. The van der Waals surface area contributed by atoms with E-state index in [2.05, 4.69) is 20.8 Å².